The van der Waals surface area contributed by atoms with Crippen molar-refractivity contribution in [2.24, 2.45) is 0 Å². The maximum atomic E-state index is 14.1. The maximum Gasteiger partial charge on any atom is 0.237 e. The molecule has 26 heavy (non-hydrogen) atoms. The molecule has 0 unspecified atom stereocenters. The summed E-state index contributed by atoms with van der Waals surface area (Å²) in [6.07, 6.45) is 4.23. The van der Waals surface area contributed by atoms with Crippen molar-refractivity contribution in [3.05, 3.63) is 53.7 Å². The zero-order valence-electron chi connectivity index (χ0n) is 15.6. The summed E-state index contributed by atoms with van der Waals surface area (Å²) >= 11 is 0. The SMILES string of the molecule is CC(C)(C)Oc1nccnc1CN1CCC(O)(c2ccccc2F)CC1. The van der Waals surface area contributed by atoms with E-state index in [0.717, 1.165) is 5.69 Å². The van der Waals surface area contributed by atoms with Gasteiger partial charge >= 0.3 is 0 Å². The zero-order chi connectivity index (χ0) is 18.8. The van der Waals surface area contributed by atoms with Crippen LogP contribution in [0.1, 0.15) is 44.9 Å². The first-order chi connectivity index (χ1) is 12.3. The van der Waals surface area contributed by atoms with E-state index in [1.54, 1.807) is 30.6 Å². The summed E-state index contributed by atoms with van der Waals surface area (Å²) in [5.41, 5.74) is -0.304. The van der Waals surface area contributed by atoms with Gasteiger partial charge in [0.2, 0.25) is 5.88 Å². The van der Waals surface area contributed by atoms with Crippen LogP contribution in [0.4, 0.5) is 4.39 Å². The molecule has 1 aromatic carbocycles. The molecule has 2 aromatic rings. The number of aromatic nitrogens is 2. The number of rotatable bonds is 4. The van der Waals surface area contributed by atoms with Gasteiger partial charge < -0.3 is 9.84 Å². The Bertz CT molecular complexity index is 753. The third-order valence-electron chi connectivity index (χ3n) is 4.57. The summed E-state index contributed by atoms with van der Waals surface area (Å²) in [5, 5.41) is 10.9. The molecule has 1 aliphatic heterocycles. The monoisotopic (exact) mass is 359 g/mol. The van der Waals surface area contributed by atoms with Crippen molar-refractivity contribution in [3.63, 3.8) is 0 Å². The van der Waals surface area contributed by atoms with Crippen molar-refractivity contribution >= 4 is 0 Å². The van der Waals surface area contributed by atoms with Crippen LogP contribution in [0.25, 0.3) is 0 Å². The van der Waals surface area contributed by atoms with E-state index in [0.29, 0.717) is 43.9 Å². The molecule has 0 spiro atoms. The summed E-state index contributed by atoms with van der Waals surface area (Å²) < 4.78 is 20.0. The Morgan fingerprint density at radius 3 is 2.46 bits per heavy atom. The Kier molecular flexibility index (Phi) is 5.25. The second-order valence-corrected chi connectivity index (χ2v) is 7.81. The van der Waals surface area contributed by atoms with Gasteiger partial charge in [0.25, 0.3) is 0 Å². The molecule has 5 nitrogen and oxygen atoms in total. The fourth-order valence-electron chi connectivity index (χ4n) is 3.24. The van der Waals surface area contributed by atoms with Gasteiger partial charge in [0.1, 0.15) is 17.1 Å². The van der Waals surface area contributed by atoms with Crippen molar-refractivity contribution in [1.29, 1.82) is 0 Å². The fourth-order valence-corrected chi connectivity index (χ4v) is 3.24. The average molecular weight is 359 g/mol. The topological polar surface area (TPSA) is 58.5 Å². The van der Waals surface area contributed by atoms with E-state index in [4.69, 9.17) is 4.74 Å². The number of benzene rings is 1. The highest BCUT2D eigenvalue weighted by molar-refractivity contribution is 5.25. The Labute approximate surface area is 153 Å². The van der Waals surface area contributed by atoms with Crippen molar-refractivity contribution in [2.75, 3.05) is 13.1 Å². The Morgan fingerprint density at radius 2 is 1.81 bits per heavy atom. The van der Waals surface area contributed by atoms with E-state index in [1.807, 2.05) is 20.8 Å². The van der Waals surface area contributed by atoms with Crippen molar-refractivity contribution < 1.29 is 14.2 Å². The van der Waals surface area contributed by atoms with Crippen molar-refractivity contribution in [1.82, 2.24) is 14.9 Å². The molecule has 0 saturated carbocycles. The number of nitrogens with zero attached hydrogens (tertiary/aromatic N) is 3. The lowest BCUT2D eigenvalue weighted by Gasteiger charge is -2.38. The van der Waals surface area contributed by atoms with E-state index in [9.17, 15) is 9.50 Å². The van der Waals surface area contributed by atoms with Crippen LogP contribution < -0.4 is 4.74 Å². The number of halogens is 1. The number of likely N-dealkylation sites (tertiary alicyclic amines) is 1. The zero-order valence-corrected chi connectivity index (χ0v) is 15.6. The van der Waals surface area contributed by atoms with E-state index in [1.165, 1.54) is 6.07 Å². The van der Waals surface area contributed by atoms with Crippen LogP contribution in [0, 0.1) is 5.82 Å². The lowest BCUT2D eigenvalue weighted by molar-refractivity contribution is -0.0307. The fraction of sp³-hybridized carbons (Fsp3) is 0.500. The molecule has 2 heterocycles. The largest absolute Gasteiger partial charge is 0.471 e. The Balaban J connectivity index is 1.68. The highest BCUT2D eigenvalue weighted by atomic mass is 19.1. The van der Waals surface area contributed by atoms with Crippen LogP contribution in [0.2, 0.25) is 0 Å². The maximum absolute atomic E-state index is 14.1. The Hall–Kier alpha value is -2.05. The minimum atomic E-state index is -1.12. The highest BCUT2D eigenvalue weighted by Crippen LogP contribution is 2.35. The third-order valence-corrected chi connectivity index (χ3v) is 4.57. The number of piperidine rings is 1. The number of hydrogen-bond donors (Lipinski definition) is 1. The van der Waals surface area contributed by atoms with Gasteiger partial charge in [-0.05, 0) is 39.7 Å². The normalized spacial score (nSPS) is 17.9. The highest BCUT2D eigenvalue weighted by Gasteiger charge is 2.36. The summed E-state index contributed by atoms with van der Waals surface area (Å²) in [4.78, 5) is 10.9. The molecule has 140 valence electrons. The van der Waals surface area contributed by atoms with Crippen molar-refractivity contribution in [2.45, 2.75) is 51.4 Å². The summed E-state index contributed by atoms with van der Waals surface area (Å²) in [6, 6.07) is 6.47. The molecule has 1 N–H and O–H groups in total. The van der Waals surface area contributed by atoms with Crippen LogP contribution >= 0.6 is 0 Å². The minimum Gasteiger partial charge on any atom is -0.471 e. The first-order valence-corrected chi connectivity index (χ1v) is 8.95. The van der Waals surface area contributed by atoms with Crippen LogP contribution in [0.15, 0.2) is 36.7 Å². The quantitative estimate of drug-likeness (QED) is 0.908. The lowest BCUT2D eigenvalue weighted by atomic mass is 9.84. The van der Waals surface area contributed by atoms with Gasteiger partial charge in [0.15, 0.2) is 0 Å². The molecule has 1 aliphatic rings. The van der Waals surface area contributed by atoms with E-state index in [2.05, 4.69) is 14.9 Å². The number of aliphatic hydroxyl groups is 1. The van der Waals surface area contributed by atoms with Gasteiger partial charge in [-0.15, -0.1) is 0 Å². The molecule has 0 amide bonds. The van der Waals surface area contributed by atoms with E-state index >= 15 is 0 Å². The molecule has 1 saturated heterocycles. The van der Waals surface area contributed by atoms with E-state index in [-0.39, 0.29) is 11.4 Å². The van der Waals surface area contributed by atoms with Crippen LogP contribution in [-0.2, 0) is 12.1 Å². The van der Waals surface area contributed by atoms with Gasteiger partial charge in [0, 0.05) is 37.6 Å². The molecule has 6 heteroatoms. The summed E-state index contributed by atoms with van der Waals surface area (Å²) in [5.74, 6) is 0.188. The standard InChI is InChI=1S/C20H26FN3O2/c1-19(2,3)26-18-17(22-10-11-23-18)14-24-12-8-20(25,9-13-24)15-6-4-5-7-16(15)21/h4-7,10-11,25H,8-9,12-14H2,1-3H3. The predicted octanol–water partition coefficient (Wildman–Crippen LogP) is 3.28. The smallest absolute Gasteiger partial charge is 0.237 e. The number of ether oxygens (including phenoxy) is 1. The molecule has 0 bridgehead atoms. The summed E-state index contributed by atoms with van der Waals surface area (Å²) in [6.45, 7) is 7.81. The average Bonchev–Trinajstić information content (AvgIpc) is 2.58. The molecule has 1 aromatic heterocycles. The minimum absolute atomic E-state index is 0.349. The lowest BCUT2D eigenvalue weighted by Crippen LogP contribution is -2.42. The van der Waals surface area contributed by atoms with Gasteiger partial charge in [0.05, 0.1) is 5.60 Å². The number of hydrogen-bond acceptors (Lipinski definition) is 5. The van der Waals surface area contributed by atoms with Gasteiger partial charge in [-0.25, -0.2) is 9.37 Å². The van der Waals surface area contributed by atoms with Crippen molar-refractivity contribution in [3.8, 4) is 5.88 Å². The third kappa shape index (κ3) is 4.37. The van der Waals surface area contributed by atoms with Gasteiger partial charge in [-0.3, -0.25) is 9.88 Å². The van der Waals surface area contributed by atoms with Crippen LogP contribution in [0.3, 0.4) is 0 Å². The first-order valence-electron chi connectivity index (χ1n) is 8.95. The molecule has 0 radical (unpaired) electrons. The Morgan fingerprint density at radius 1 is 1.15 bits per heavy atom. The van der Waals surface area contributed by atoms with E-state index < -0.39 is 5.60 Å². The molecule has 0 atom stereocenters. The molecule has 0 aliphatic carbocycles. The molecular formula is C20H26FN3O2. The molecular weight excluding hydrogens is 333 g/mol. The van der Waals surface area contributed by atoms with Crippen LogP contribution in [-0.4, -0.2) is 38.7 Å². The summed E-state index contributed by atoms with van der Waals surface area (Å²) in [7, 11) is 0. The van der Waals surface area contributed by atoms with Gasteiger partial charge in [-0.1, -0.05) is 18.2 Å². The second-order valence-electron chi connectivity index (χ2n) is 7.81. The first kappa shape index (κ1) is 18.7. The molecule has 3 rings (SSSR count). The molecule has 1 fully saturated rings. The van der Waals surface area contributed by atoms with Crippen LogP contribution in [0.5, 0.6) is 5.88 Å². The van der Waals surface area contributed by atoms with Gasteiger partial charge in [-0.2, -0.15) is 0 Å². The second kappa shape index (κ2) is 7.29. The predicted molar refractivity (Wildman–Crippen MR) is 97.2 cm³/mol.